The Balaban J connectivity index is 1.85. The second kappa shape index (κ2) is 29.3. The van der Waals surface area contributed by atoms with Gasteiger partial charge in [-0.3, -0.25) is 4.79 Å². The van der Waals surface area contributed by atoms with Gasteiger partial charge in [0.15, 0.2) is 6.29 Å². The predicted molar refractivity (Wildman–Crippen MR) is 203 cm³/mol. The van der Waals surface area contributed by atoms with Gasteiger partial charge in [0.1, 0.15) is 48.8 Å². The number of unbranched alkanes of at least 4 members (excludes halogenated alkanes) is 20. The number of ether oxygens (including phenoxy) is 4. The van der Waals surface area contributed by atoms with Crippen molar-refractivity contribution in [2.24, 2.45) is 5.92 Å². The summed E-state index contributed by atoms with van der Waals surface area (Å²) in [4.78, 5) is 13.2. The van der Waals surface area contributed by atoms with Gasteiger partial charge in [0, 0.05) is 6.42 Å². The highest BCUT2D eigenvalue weighted by Crippen LogP contribution is 2.31. The Kier molecular flexibility index (Phi) is 26.7. The van der Waals surface area contributed by atoms with E-state index in [-0.39, 0.29) is 12.3 Å². The zero-order chi connectivity index (χ0) is 38.8. The fourth-order valence-electron chi connectivity index (χ4n) is 7.61. The maximum atomic E-state index is 13.2. The third-order valence-corrected chi connectivity index (χ3v) is 11.1. The van der Waals surface area contributed by atoms with E-state index in [1.807, 2.05) is 0 Å². The molecule has 314 valence electrons. The van der Waals surface area contributed by atoms with Crippen molar-refractivity contribution in [2.45, 2.75) is 236 Å². The fraction of sp³-hybridized carbons (Fsp3) is 0.976. The molecule has 2 saturated heterocycles. The molecule has 0 aliphatic carbocycles. The van der Waals surface area contributed by atoms with Crippen LogP contribution in [-0.2, 0) is 23.7 Å². The van der Waals surface area contributed by atoms with E-state index in [2.05, 4.69) is 13.8 Å². The molecule has 0 bridgehead atoms. The van der Waals surface area contributed by atoms with E-state index >= 15 is 0 Å². The van der Waals surface area contributed by atoms with Gasteiger partial charge in [0.05, 0.1) is 13.2 Å². The van der Waals surface area contributed by atoms with Crippen molar-refractivity contribution in [2.75, 3.05) is 13.2 Å². The van der Waals surface area contributed by atoms with Gasteiger partial charge in [-0.1, -0.05) is 155 Å². The number of carbonyl (C=O) groups excluding carboxylic acids is 1. The summed E-state index contributed by atoms with van der Waals surface area (Å²) in [5.41, 5.74) is 0. The molecule has 11 atom stereocenters. The molecule has 2 aliphatic rings. The van der Waals surface area contributed by atoms with E-state index in [1.165, 1.54) is 116 Å². The molecule has 7 N–H and O–H groups in total. The molecule has 0 spiro atoms. The molecule has 53 heavy (non-hydrogen) atoms. The predicted octanol–water partition coefficient (Wildman–Crippen LogP) is 5.56. The average Bonchev–Trinajstić information content (AvgIpc) is 3.15. The van der Waals surface area contributed by atoms with Crippen LogP contribution in [-0.4, -0.2) is 116 Å². The molecular weight excluding hydrogens is 684 g/mol. The highest BCUT2D eigenvalue weighted by molar-refractivity contribution is 5.69. The SMILES string of the molecule is CCCCCCCCCCCCCCC(CCCCCCCCCCCC)CC(=O)O[C@@H]1O[C@H](CO)[C@@H](O[C@H]2O[C@H](CO)[C@@H](O)[C@H](O)[C@H]2O)[C@H](O)[C@H]1O. The molecule has 1 unspecified atom stereocenters. The van der Waals surface area contributed by atoms with Gasteiger partial charge in [-0.15, -0.1) is 0 Å². The summed E-state index contributed by atoms with van der Waals surface area (Å²) in [5, 5.41) is 71.9. The summed E-state index contributed by atoms with van der Waals surface area (Å²) in [6, 6.07) is 0. The summed E-state index contributed by atoms with van der Waals surface area (Å²) in [7, 11) is 0. The van der Waals surface area contributed by atoms with Crippen molar-refractivity contribution in [1.29, 1.82) is 0 Å². The first-order valence-corrected chi connectivity index (χ1v) is 21.5. The normalized spacial score (nSPS) is 29.7. The van der Waals surface area contributed by atoms with Gasteiger partial charge in [0.2, 0.25) is 6.29 Å². The second-order valence-electron chi connectivity index (χ2n) is 15.7. The van der Waals surface area contributed by atoms with Crippen molar-refractivity contribution in [3.05, 3.63) is 0 Å². The molecule has 0 radical (unpaired) electrons. The molecule has 12 nitrogen and oxygen atoms in total. The molecule has 2 aliphatic heterocycles. The molecule has 12 heteroatoms. The van der Waals surface area contributed by atoms with Crippen molar-refractivity contribution in [1.82, 2.24) is 0 Å². The van der Waals surface area contributed by atoms with Gasteiger partial charge in [-0.25, -0.2) is 0 Å². The van der Waals surface area contributed by atoms with E-state index < -0.39 is 80.6 Å². The van der Waals surface area contributed by atoms with Crippen molar-refractivity contribution < 1.29 is 59.5 Å². The minimum atomic E-state index is -1.76. The van der Waals surface area contributed by atoms with Crippen LogP contribution in [0.3, 0.4) is 0 Å². The molecular formula is C41H78O12. The highest BCUT2D eigenvalue weighted by atomic mass is 16.7. The van der Waals surface area contributed by atoms with E-state index in [0.29, 0.717) is 0 Å². The quantitative estimate of drug-likeness (QED) is 0.0344. The van der Waals surface area contributed by atoms with E-state index in [0.717, 1.165) is 38.5 Å². The number of carbonyl (C=O) groups is 1. The van der Waals surface area contributed by atoms with Gasteiger partial charge in [0.25, 0.3) is 0 Å². The number of aliphatic hydroxyl groups is 7. The standard InChI is InChI=1S/C41H78O12/c1-3-5-7-9-11-13-15-16-18-20-22-24-26-30(25-23-21-19-17-14-12-10-8-6-4-2)27-33(44)52-40-38(49)36(47)39(32(29-43)51-40)53-41-37(48)35(46)34(45)31(28-42)50-41/h30-32,34-43,45-49H,3-29H2,1-2H3/t30?,31-,32-,34-,35+,36-,37-,38-,39-,40+,41-/m1/s1. The number of esters is 1. The van der Waals surface area contributed by atoms with Gasteiger partial charge < -0.3 is 54.7 Å². The summed E-state index contributed by atoms with van der Waals surface area (Å²) in [6.07, 6.45) is 13.8. The van der Waals surface area contributed by atoms with E-state index in [1.54, 1.807) is 0 Å². The van der Waals surface area contributed by atoms with Gasteiger partial charge >= 0.3 is 5.97 Å². The fourth-order valence-corrected chi connectivity index (χ4v) is 7.61. The van der Waals surface area contributed by atoms with Crippen LogP contribution >= 0.6 is 0 Å². The number of hydrogen-bond donors (Lipinski definition) is 7. The lowest BCUT2D eigenvalue weighted by Crippen LogP contribution is -2.64. The molecule has 2 rings (SSSR count). The summed E-state index contributed by atoms with van der Waals surface area (Å²) in [6.45, 7) is 3.10. The molecule has 0 aromatic rings. The van der Waals surface area contributed by atoms with Crippen LogP contribution in [0.1, 0.15) is 174 Å². The molecule has 2 fully saturated rings. The average molecular weight is 763 g/mol. The number of rotatable bonds is 31. The Morgan fingerprint density at radius 2 is 0.906 bits per heavy atom. The van der Waals surface area contributed by atoms with Crippen LogP contribution in [0.15, 0.2) is 0 Å². The maximum absolute atomic E-state index is 13.2. The first-order chi connectivity index (χ1) is 25.7. The van der Waals surface area contributed by atoms with E-state index in [4.69, 9.17) is 18.9 Å². The van der Waals surface area contributed by atoms with Crippen LogP contribution in [0.25, 0.3) is 0 Å². The van der Waals surface area contributed by atoms with E-state index in [9.17, 15) is 40.5 Å². The minimum Gasteiger partial charge on any atom is -0.433 e. The monoisotopic (exact) mass is 763 g/mol. The zero-order valence-corrected chi connectivity index (χ0v) is 33.1. The number of hydrogen-bond acceptors (Lipinski definition) is 12. The first-order valence-electron chi connectivity index (χ1n) is 21.5. The third kappa shape index (κ3) is 18.7. The largest absolute Gasteiger partial charge is 0.433 e. The topological polar surface area (TPSA) is 196 Å². The molecule has 0 saturated carbocycles. The van der Waals surface area contributed by atoms with Crippen molar-refractivity contribution >= 4 is 5.97 Å². The molecule has 0 amide bonds. The lowest BCUT2D eigenvalue weighted by atomic mass is 9.91. The summed E-state index contributed by atoms with van der Waals surface area (Å²) < 4.78 is 22.2. The summed E-state index contributed by atoms with van der Waals surface area (Å²) >= 11 is 0. The van der Waals surface area contributed by atoms with Crippen LogP contribution in [0.5, 0.6) is 0 Å². The maximum Gasteiger partial charge on any atom is 0.308 e. The second-order valence-corrected chi connectivity index (χ2v) is 15.7. The van der Waals surface area contributed by atoms with Crippen LogP contribution in [0.4, 0.5) is 0 Å². The van der Waals surface area contributed by atoms with Crippen LogP contribution in [0.2, 0.25) is 0 Å². The molecule has 2 heterocycles. The third-order valence-electron chi connectivity index (χ3n) is 11.1. The zero-order valence-electron chi connectivity index (χ0n) is 33.1. The lowest BCUT2D eigenvalue weighted by molar-refractivity contribution is -0.355. The van der Waals surface area contributed by atoms with Crippen LogP contribution in [0, 0.1) is 5.92 Å². The van der Waals surface area contributed by atoms with Gasteiger partial charge in [-0.05, 0) is 18.8 Å². The molecule has 0 aromatic carbocycles. The highest BCUT2D eigenvalue weighted by Gasteiger charge is 2.51. The lowest BCUT2D eigenvalue weighted by Gasteiger charge is -2.45. The Morgan fingerprint density at radius 1 is 0.509 bits per heavy atom. The number of aliphatic hydroxyl groups excluding tert-OH is 7. The molecule has 0 aromatic heterocycles. The Bertz CT molecular complexity index is 891. The Morgan fingerprint density at radius 3 is 1.34 bits per heavy atom. The van der Waals surface area contributed by atoms with Crippen molar-refractivity contribution in [3.63, 3.8) is 0 Å². The Labute approximate surface area is 320 Å². The minimum absolute atomic E-state index is 0.126. The van der Waals surface area contributed by atoms with Crippen LogP contribution < -0.4 is 0 Å². The first kappa shape index (κ1) is 48.2. The van der Waals surface area contributed by atoms with Crippen molar-refractivity contribution in [3.8, 4) is 0 Å². The van der Waals surface area contributed by atoms with Gasteiger partial charge in [-0.2, -0.15) is 0 Å². The smallest absolute Gasteiger partial charge is 0.308 e. The summed E-state index contributed by atoms with van der Waals surface area (Å²) in [5.74, 6) is -0.427. The Hall–Kier alpha value is -0.930.